The Morgan fingerprint density at radius 1 is 1.19 bits per heavy atom. The van der Waals surface area contributed by atoms with Crippen LogP contribution in [0.25, 0.3) is 28.4 Å². The molecule has 1 aromatic carbocycles. The number of hydrogen-bond acceptors (Lipinski definition) is 5. The molecular formula is C20H22N6O. The summed E-state index contributed by atoms with van der Waals surface area (Å²) in [5.41, 5.74) is 4.86. The molecule has 0 saturated carbocycles. The van der Waals surface area contributed by atoms with E-state index in [2.05, 4.69) is 52.2 Å². The lowest BCUT2D eigenvalue weighted by atomic mass is 10.1. The zero-order valence-electron chi connectivity index (χ0n) is 15.7. The van der Waals surface area contributed by atoms with E-state index < -0.39 is 0 Å². The van der Waals surface area contributed by atoms with Crippen LogP contribution in [0.3, 0.4) is 0 Å². The zero-order valence-corrected chi connectivity index (χ0v) is 15.7. The Bertz CT molecular complexity index is 1030. The van der Waals surface area contributed by atoms with Gasteiger partial charge in [0, 0.05) is 31.6 Å². The van der Waals surface area contributed by atoms with Gasteiger partial charge in [-0.3, -0.25) is 9.89 Å². The van der Waals surface area contributed by atoms with Crippen molar-refractivity contribution in [1.82, 2.24) is 25.1 Å². The van der Waals surface area contributed by atoms with Crippen molar-refractivity contribution in [1.29, 1.82) is 0 Å². The monoisotopic (exact) mass is 362 g/mol. The van der Waals surface area contributed by atoms with Crippen molar-refractivity contribution >= 4 is 28.7 Å². The Hall–Kier alpha value is -3.22. The van der Waals surface area contributed by atoms with Gasteiger partial charge in [-0.15, -0.1) is 0 Å². The molecule has 0 radical (unpaired) electrons. The topological polar surface area (TPSA) is 78.0 Å². The van der Waals surface area contributed by atoms with Gasteiger partial charge in [0.2, 0.25) is 5.91 Å². The summed E-state index contributed by atoms with van der Waals surface area (Å²) >= 11 is 0. The number of benzene rings is 1. The van der Waals surface area contributed by atoms with E-state index in [1.807, 2.05) is 24.1 Å². The first-order chi connectivity index (χ1) is 13.0. The van der Waals surface area contributed by atoms with E-state index in [9.17, 15) is 4.79 Å². The Labute approximate surface area is 157 Å². The highest BCUT2D eigenvalue weighted by Gasteiger charge is 2.22. The molecule has 0 spiro atoms. The molecular weight excluding hydrogens is 340 g/mol. The van der Waals surface area contributed by atoms with Crippen molar-refractivity contribution in [2.24, 2.45) is 0 Å². The highest BCUT2D eigenvalue weighted by molar-refractivity contribution is 5.93. The minimum atomic E-state index is 0.0954. The van der Waals surface area contributed by atoms with Crippen LogP contribution in [0.2, 0.25) is 0 Å². The highest BCUT2D eigenvalue weighted by atomic mass is 16.2. The van der Waals surface area contributed by atoms with Crippen LogP contribution in [0.15, 0.2) is 36.2 Å². The molecule has 0 bridgehead atoms. The molecule has 7 nitrogen and oxygen atoms in total. The third-order valence-corrected chi connectivity index (χ3v) is 4.72. The molecule has 138 valence electrons. The number of piperazine rings is 1. The predicted octanol–water partition coefficient (Wildman–Crippen LogP) is 2.72. The summed E-state index contributed by atoms with van der Waals surface area (Å²) in [6.45, 7) is 5.93. The molecule has 1 saturated heterocycles. The first-order valence-electron chi connectivity index (χ1n) is 8.95. The first-order valence-corrected chi connectivity index (χ1v) is 8.95. The van der Waals surface area contributed by atoms with Gasteiger partial charge in [-0.05, 0) is 31.5 Å². The van der Waals surface area contributed by atoms with E-state index in [0.717, 1.165) is 40.2 Å². The van der Waals surface area contributed by atoms with Crippen molar-refractivity contribution < 1.29 is 4.79 Å². The van der Waals surface area contributed by atoms with Crippen LogP contribution < -0.4 is 4.90 Å². The van der Waals surface area contributed by atoms with Gasteiger partial charge in [-0.1, -0.05) is 17.7 Å². The Balaban J connectivity index is 1.72. The van der Waals surface area contributed by atoms with Gasteiger partial charge in [-0.25, -0.2) is 9.97 Å². The van der Waals surface area contributed by atoms with Crippen molar-refractivity contribution in [3.05, 3.63) is 41.7 Å². The second-order valence-corrected chi connectivity index (χ2v) is 7.10. The molecule has 3 heterocycles. The zero-order chi connectivity index (χ0) is 19.0. The summed E-state index contributed by atoms with van der Waals surface area (Å²) in [6.07, 6.45) is 3.67. The minimum absolute atomic E-state index is 0.0954. The summed E-state index contributed by atoms with van der Waals surface area (Å²) in [5, 5.41) is 8.56. The number of nitrogens with one attached hydrogen (secondary N) is 1. The third-order valence-electron chi connectivity index (χ3n) is 4.72. The molecule has 7 heteroatoms. The highest BCUT2D eigenvalue weighted by Crippen LogP contribution is 2.28. The van der Waals surface area contributed by atoms with E-state index in [4.69, 9.17) is 0 Å². The van der Waals surface area contributed by atoms with Crippen LogP contribution in [-0.4, -0.2) is 57.7 Å². The molecule has 0 atom stereocenters. The van der Waals surface area contributed by atoms with Crippen LogP contribution in [0.5, 0.6) is 0 Å². The number of likely N-dealkylation sites (N-methyl/N-ethyl adjacent to an activating group) is 1. The van der Waals surface area contributed by atoms with E-state index in [1.54, 1.807) is 4.90 Å². The van der Waals surface area contributed by atoms with Gasteiger partial charge < -0.3 is 9.80 Å². The molecule has 27 heavy (non-hydrogen) atoms. The van der Waals surface area contributed by atoms with Crippen molar-refractivity contribution in [2.45, 2.75) is 13.8 Å². The van der Waals surface area contributed by atoms with E-state index in [-0.39, 0.29) is 5.91 Å². The van der Waals surface area contributed by atoms with Crippen LogP contribution in [0.1, 0.15) is 19.4 Å². The Morgan fingerprint density at radius 2 is 2.04 bits per heavy atom. The van der Waals surface area contributed by atoms with Crippen molar-refractivity contribution in [3.8, 4) is 11.4 Å². The molecule has 1 fully saturated rings. The van der Waals surface area contributed by atoms with Gasteiger partial charge in [0.15, 0.2) is 0 Å². The quantitative estimate of drug-likeness (QED) is 0.775. The smallest absolute Gasteiger partial charge is 0.241 e. The number of nitrogens with zero attached hydrogens (tertiary/aromatic N) is 5. The van der Waals surface area contributed by atoms with Gasteiger partial charge in [0.25, 0.3) is 0 Å². The lowest BCUT2D eigenvalue weighted by Crippen LogP contribution is -2.48. The predicted molar refractivity (Wildman–Crippen MR) is 106 cm³/mol. The SMILES string of the molecule is CC(C)=Cc1ccc2[nH]nc(-c3cc(N4CCN(C)C(=O)C4)ncn3)c2c1. The molecule has 1 N–H and O–H groups in total. The standard InChI is InChI=1S/C20H22N6O/c1-13(2)8-14-4-5-16-15(9-14)20(24-23-16)17-10-18(22-12-21-17)26-7-6-25(3)19(27)11-26/h4-5,8-10,12H,6-7,11H2,1-3H3,(H,23,24). The van der Waals surface area contributed by atoms with Crippen molar-refractivity contribution in [3.63, 3.8) is 0 Å². The van der Waals surface area contributed by atoms with Crippen molar-refractivity contribution in [2.75, 3.05) is 31.6 Å². The lowest BCUT2D eigenvalue weighted by Gasteiger charge is -2.32. The normalized spacial score (nSPS) is 14.7. The number of hydrogen-bond donors (Lipinski definition) is 1. The van der Waals surface area contributed by atoms with E-state index in [0.29, 0.717) is 13.1 Å². The van der Waals surface area contributed by atoms with Crippen LogP contribution >= 0.6 is 0 Å². The average molecular weight is 362 g/mol. The number of carbonyl (C=O) groups excluding carboxylic acids is 1. The number of amides is 1. The van der Waals surface area contributed by atoms with Crippen LogP contribution in [0.4, 0.5) is 5.82 Å². The second-order valence-electron chi connectivity index (χ2n) is 7.10. The Morgan fingerprint density at radius 3 is 2.81 bits per heavy atom. The van der Waals surface area contributed by atoms with Gasteiger partial charge in [0.05, 0.1) is 17.8 Å². The molecule has 0 unspecified atom stereocenters. The lowest BCUT2D eigenvalue weighted by molar-refractivity contribution is -0.129. The van der Waals surface area contributed by atoms with Gasteiger partial charge in [0.1, 0.15) is 17.8 Å². The summed E-state index contributed by atoms with van der Waals surface area (Å²) in [6, 6.07) is 8.12. The molecule has 3 aromatic rings. The number of aromatic nitrogens is 4. The molecule has 1 amide bonds. The molecule has 1 aliphatic rings. The summed E-state index contributed by atoms with van der Waals surface area (Å²) in [5.74, 6) is 0.844. The van der Waals surface area contributed by atoms with Gasteiger partial charge >= 0.3 is 0 Å². The Kier molecular flexibility index (Phi) is 4.35. The van der Waals surface area contributed by atoms with E-state index in [1.165, 1.54) is 11.9 Å². The summed E-state index contributed by atoms with van der Waals surface area (Å²) in [7, 11) is 1.82. The summed E-state index contributed by atoms with van der Waals surface area (Å²) < 4.78 is 0. The first kappa shape index (κ1) is 17.2. The van der Waals surface area contributed by atoms with Crippen LogP contribution in [-0.2, 0) is 4.79 Å². The van der Waals surface area contributed by atoms with E-state index >= 15 is 0 Å². The fourth-order valence-electron chi connectivity index (χ4n) is 3.25. The van der Waals surface area contributed by atoms with Crippen LogP contribution in [0, 0.1) is 0 Å². The molecule has 4 rings (SSSR count). The van der Waals surface area contributed by atoms with Gasteiger partial charge in [-0.2, -0.15) is 5.10 Å². The number of anilines is 1. The number of allylic oxidation sites excluding steroid dienone is 1. The fraction of sp³-hybridized carbons (Fsp3) is 0.300. The summed E-state index contributed by atoms with van der Waals surface area (Å²) in [4.78, 5) is 24.5. The maximum Gasteiger partial charge on any atom is 0.241 e. The number of rotatable bonds is 3. The third kappa shape index (κ3) is 3.40. The largest absolute Gasteiger partial charge is 0.345 e. The second kappa shape index (κ2) is 6.83. The maximum atomic E-state index is 12.0. The minimum Gasteiger partial charge on any atom is -0.345 e. The molecule has 0 aliphatic carbocycles. The number of carbonyl (C=O) groups is 1. The maximum absolute atomic E-state index is 12.0. The number of fused-ring (bicyclic) bond motifs is 1. The number of aromatic amines is 1. The number of H-pyrrole nitrogens is 1. The average Bonchev–Trinajstić information content (AvgIpc) is 3.07. The molecule has 1 aliphatic heterocycles. The molecule has 2 aromatic heterocycles. The fourth-order valence-corrected chi connectivity index (χ4v) is 3.25.